The van der Waals surface area contributed by atoms with E-state index in [9.17, 15) is 26.3 Å². The third-order valence-electron chi connectivity index (χ3n) is 6.53. The van der Waals surface area contributed by atoms with Crippen molar-refractivity contribution in [3.8, 4) is 0 Å². The molecule has 0 bridgehead atoms. The van der Waals surface area contributed by atoms with Crippen LogP contribution in [0.4, 0.5) is 26.3 Å². The number of likely N-dealkylation sites (tertiary alicyclic amines) is 1. The van der Waals surface area contributed by atoms with Gasteiger partial charge in [0, 0.05) is 32.3 Å². The first-order valence-electron chi connectivity index (χ1n) is 12.1. The summed E-state index contributed by atoms with van der Waals surface area (Å²) in [6, 6.07) is 0.614. The van der Waals surface area contributed by atoms with Crippen molar-refractivity contribution >= 4 is 11.9 Å². The van der Waals surface area contributed by atoms with Crippen LogP contribution in [-0.4, -0.2) is 108 Å². The van der Waals surface area contributed by atoms with Gasteiger partial charge < -0.3 is 24.6 Å². The molecule has 2 heterocycles. The molecular formula is C22H34F6N2O6. The summed E-state index contributed by atoms with van der Waals surface area (Å²) in [5, 5.41) is 14.2. The molecule has 0 aromatic heterocycles. The van der Waals surface area contributed by atoms with Gasteiger partial charge in [-0.15, -0.1) is 0 Å². The van der Waals surface area contributed by atoms with Gasteiger partial charge in [0.15, 0.2) is 0 Å². The smallest absolute Gasteiger partial charge is 0.475 e. The molecule has 2 aliphatic carbocycles. The zero-order valence-electron chi connectivity index (χ0n) is 19.9. The van der Waals surface area contributed by atoms with Crippen molar-refractivity contribution < 1.29 is 55.6 Å². The Morgan fingerprint density at radius 1 is 0.833 bits per heavy atom. The number of hydrogen-bond donors (Lipinski definition) is 2. The number of aliphatic carboxylic acids is 2. The molecule has 0 amide bonds. The number of alkyl halides is 6. The first-order chi connectivity index (χ1) is 16.8. The van der Waals surface area contributed by atoms with E-state index >= 15 is 0 Å². The van der Waals surface area contributed by atoms with E-state index in [0.29, 0.717) is 18.2 Å². The number of rotatable bonds is 6. The number of ether oxygens (including phenoxy) is 2. The van der Waals surface area contributed by atoms with Crippen LogP contribution in [0.15, 0.2) is 0 Å². The number of fused-ring (bicyclic) bond motifs is 1. The SMILES string of the molecule is C1CCN(CCN2CCO[C@H]3[C@H](OCC4CC4)CC[C@@H]32)CC1.O=C(O)C(F)(F)F.O=C(O)C(F)(F)F. The number of hydrogen-bond acceptors (Lipinski definition) is 6. The second kappa shape index (κ2) is 13.8. The Kier molecular flexibility index (Phi) is 11.7. The minimum Gasteiger partial charge on any atom is -0.475 e. The molecule has 2 aliphatic heterocycles. The first-order valence-corrected chi connectivity index (χ1v) is 12.1. The van der Waals surface area contributed by atoms with Crippen LogP contribution in [0.3, 0.4) is 0 Å². The van der Waals surface area contributed by atoms with Crippen LogP contribution >= 0.6 is 0 Å². The molecule has 8 nitrogen and oxygen atoms in total. The zero-order chi connectivity index (χ0) is 26.9. The average molecular weight is 537 g/mol. The van der Waals surface area contributed by atoms with Gasteiger partial charge in [0.2, 0.25) is 0 Å². The number of carboxylic acids is 2. The minimum absolute atomic E-state index is 0.342. The van der Waals surface area contributed by atoms with Crippen molar-refractivity contribution in [2.75, 3.05) is 45.9 Å². The van der Waals surface area contributed by atoms with Crippen molar-refractivity contribution in [2.45, 2.75) is 75.5 Å². The normalized spacial score (nSPS) is 27.2. The summed E-state index contributed by atoms with van der Waals surface area (Å²) in [6.07, 6.45) is -0.0236. The molecule has 0 radical (unpaired) electrons. The van der Waals surface area contributed by atoms with Crippen LogP contribution in [0.25, 0.3) is 0 Å². The quantitative estimate of drug-likeness (QED) is 0.499. The van der Waals surface area contributed by atoms with Crippen LogP contribution in [-0.2, 0) is 19.1 Å². The molecule has 4 rings (SSSR count). The lowest BCUT2D eigenvalue weighted by atomic mass is 10.1. The zero-order valence-corrected chi connectivity index (χ0v) is 19.9. The maximum atomic E-state index is 10.6. The summed E-state index contributed by atoms with van der Waals surface area (Å²) in [7, 11) is 0. The number of morpholine rings is 1. The number of piperidine rings is 1. The van der Waals surface area contributed by atoms with Crippen molar-refractivity contribution in [3.05, 3.63) is 0 Å². The molecule has 210 valence electrons. The largest absolute Gasteiger partial charge is 0.490 e. The third kappa shape index (κ3) is 10.8. The summed E-state index contributed by atoms with van der Waals surface area (Å²) in [6.45, 7) is 8.08. The van der Waals surface area contributed by atoms with E-state index in [4.69, 9.17) is 29.3 Å². The standard InChI is InChI=1S/C18H32N2O2.2C2HF3O2/c1-2-8-19(9-3-1)10-11-20-12-13-21-18-16(20)6-7-17(18)22-14-15-4-5-15;2*3-2(4,5)1(6)7/h15-18H,1-14H2;2*(H,6,7)/t16-,17+,18+;;/m0../s1. The van der Waals surface area contributed by atoms with E-state index < -0.39 is 24.3 Å². The summed E-state index contributed by atoms with van der Waals surface area (Å²) < 4.78 is 75.8. The monoisotopic (exact) mass is 536 g/mol. The van der Waals surface area contributed by atoms with Gasteiger partial charge in [0.05, 0.1) is 18.8 Å². The van der Waals surface area contributed by atoms with Gasteiger partial charge in [-0.05, 0) is 57.5 Å². The average Bonchev–Trinajstić information content (AvgIpc) is 3.54. The van der Waals surface area contributed by atoms with Crippen molar-refractivity contribution in [3.63, 3.8) is 0 Å². The molecule has 2 N–H and O–H groups in total. The Balaban J connectivity index is 0.000000271. The van der Waals surface area contributed by atoms with Crippen LogP contribution in [0, 0.1) is 5.92 Å². The Bertz CT molecular complexity index is 673. The van der Waals surface area contributed by atoms with Gasteiger partial charge >= 0.3 is 24.3 Å². The Morgan fingerprint density at radius 2 is 1.39 bits per heavy atom. The summed E-state index contributed by atoms with van der Waals surface area (Å²) in [4.78, 5) is 23.1. The predicted octanol–water partition coefficient (Wildman–Crippen LogP) is 3.40. The molecule has 3 atom stereocenters. The number of halogens is 6. The fraction of sp³-hybridized carbons (Fsp3) is 0.909. The third-order valence-corrected chi connectivity index (χ3v) is 6.53. The van der Waals surface area contributed by atoms with Crippen LogP contribution in [0.2, 0.25) is 0 Å². The fourth-order valence-electron chi connectivity index (χ4n) is 4.44. The Hall–Kier alpha value is -1.64. The molecular weight excluding hydrogens is 502 g/mol. The molecule has 0 spiro atoms. The number of carboxylic acid groups (broad SMARTS) is 2. The van der Waals surface area contributed by atoms with E-state index in [2.05, 4.69) is 9.80 Å². The molecule has 2 saturated heterocycles. The molecule has 0 unspecified atom stereocenters. The van der Waals surface area contributed by atoms with E-state index in [1.807, 2.05) is 0 Å². The number of carbonyl (C=O) groups is 2. The van der Waals surface area contributed by atoms with Crippen molar-refractivity contribution in [1.82, 2.24) is 9.80 Å². The molecule has 0 aromatic carbocycles. The minimum atomic E-state index is -5.08. The van der Waals surface area contributed by atoms with Gasteiger partial charge in [-0.3, -0.25) is 4.90 Å². The van der Waals surface area contributed by atoms with Gasteiger partial charge in [0.1, 0.15) is 0 Å². The van der Waals surface area contributed by atoms with E-state index in [1.165, 1.54) is 71.1 Å². The molecule has 4 aliphatic rings. The van der Waals surface area contributed by atoms with Crippen molar-refractivity contribution in [1.29, 1.82) is 0 Å². The fourth-order valence-corrected chi connectivity index (χ4v) is 4.44. The maximum Gasteiger partial charge on any atom is 0.490 e. The first kappa shape index (κ1) is 30.6. The van der Waals surface area contributed by atoms with Gasteiger partial charge in [-0.2, -0.15) is 26.3 Å². The molecule has 0 aromatic rings. The van der Waals surface area contributed by atoms with Crippen LogP contribution < -0.4 is 0 Å². The lowest BCUT2D eigenvalue weighted by Gasteiger charge is -2.40. The highest BCUT2D eigenvalue weighted by Crippen LogP contribution is 2.35. The highest BCUT2D eigenvalue weighted by atomic mass is 19.4. The van der Waals surface area contributed by atoms with Crippen molar-refractivity contribution in [2.24, 2.45) is 5.92 Å². The highest BCUT2D eigenvalue weighted by Gasteiger charge is 2.44. The number of nitrogens with zero attached hydrogens (tertiary/aromatic N) is 2. The Labute approximate surface area is 205 Å². The summed E-state index contributed by atoms with van der Waals surface area (Å²) in [5.41, 5.74) is 0. The lowest BCUT2D eigenvalue weighted by molar-refractivity contribution is -0.193. The van der Waals surface area contributed by atoms with E-state index in [0.717, 1.165) is 25.7 Å². The van der Waals surface area contributed by atoms with Gasteiger partial charge in [-0.25, -0.2) is 9.59 Å². The summed E-state index contributed by atoms with van der Waals surface area (Å²) in [5.74, 6) is -4.65. The second-order valence-corrected chi connectivity index (χ2v) is 9.34. The second-order valence-electron chi connectivity index (χ2n) is 9.34. The van der Waals surface area contributed by atoms with E-state index in [1.54, 1.807) is 0 Å². The molecule has 4 fully saturated rings. The van der Waals surface area contributed by atoms with Gasteiger partial charge in [-0.1, -0.05) is 6.42 Å². The lowest BCUT2D eigenvalue weighted by Crippen LogP contribution is -2.53. The molecule has 14 heteroatoms. The Morgan fingerprint density at radius 3 is 1.89 bits per heavy atom. The van der Waals surface area contributed by atoms with Crippen LogP contribution in [0.1, 0.15) is 44.9 Å². The summed E-state index contributed by atoms with van der Waals surface area (Å²) >= 11 is 0. The topological polar surface area (TPSA) is 99.5 Å². The maximum absolute atomic E-state index is 10.6. The van der Waals surface area contributed by atoms with Gasteiger partial charge in [0.25, 0.3) is 0 Å². The molecule has 36 heavy (non-hydrogen) atoms. The molecule has 2 saturated carbocycles. The van der Waals surface area contributed by atoms with E-state index in [-0.39, 0.29) is 0 Å². The van der Waals surface area contributed by atoms with Crippen LogP contribution in [0.5, 0.6) is 0 Å². The highest BCUT2D eigenvalue weighted by molar-refractivity contribution is 5.73. The predicted molar refractivity (Wildman–Crippen MR) is 114 cm³/mol.